The first-order valence-corrected chi connectivity index (χ1v) is 8.31. The minimum atomic E-state index is 1.21. The van der Waals surface area contributed by atoms with Gasteiger partial charge in [0.1, 0.15) is 0 Å². The zero-order chi connectivity index (χ0) is 16.1. The van der Waals surface area contributed by atoms with Crippen LogP contribution in [0.5, 0.6) is 0 Å². The summed E-state index contributed by atoms with van der Waals surface area (Å²) in [7, 11) is 0. The number of aromatic nitrogens is 1. The monoisotopic (exact) mass is 307 g/mol. The Kier molecular flexibility index (Phi) is 2.77. The van der Waals surface area contributed by atoms with Crippen LogP contribution in [0.3, 0.4) is 0 Å². The summed E-state index contributed by atoms with van der Waals surface area (Å²) in [5.74, 6) is 0. The highest BCUT2D eigenvalue weighted by Crippen LogP contribution is 2.34. The second kappa shape index (κ2) is 4.97. The second-order valence-electron chi connectivity index (χ2n) is 6.35. The third kappa shape index (κ3) is 1.82. The van der Waals surface area contributed by atoms with E-state index >= 15 is 0 Å². The predicted octanol–water partition coefficient (Wildman–Crippen LogP) is 6.25. The van der Waals surface area contributed by atoms with Crippen LogP contribution in [0, 0.1) is 6.92 Å². The van der Waals surface area contributed by atoms with Crippen molar-refractivity contribution in [1.29, 1.82) is 0 Å². The molecule has 0 fully saturated rings. The third-order valence-electron chi connectivity index (χ3n) is 4.90. The van der Waals surface area contributed by atoms with Gasteiger partial charge in [0.05, 0.1) is 11.0 Å². The molecule has 1 aromatic heterocycles. The first kappa shape index (κ1) is 13.4. The summed E-state index contributed by atoms with van der Waals surface area (Å²) in [5, 5.41) is 5.21. The Hall–Kier alpha value is -3.06. The van der Waals surface area contributed by atoms with Crippen molar-refractivity contribution >= 4 is 32.6 Å². The lowest BCUT2D eigenvalue weighted by Gasteiger charge is -2.09. The van der Waals surface area contributed by atoms with Gasteiger partial charge in [0.25, 0.3) is 0 Å². The maximum absolute atomic E-state index is 2.38. The van der Waals surface area contributed by atoms with Gasteiger partial charge in [-0.25, -0.2) is 0 Å². The number of benzene rings is 4. The highest BCUT2D eigenvalue weighted by Gasteiger charge is 2.13. The number of rotatable bonds is 1. The topological polar surface area (TPSA) is 4.93 Å². The Bertz CT molecular complexity index is 1210. The molecular formula is C23H17N. The molecule has 0 unspecified atom stereocenters. The van der Waals surface area contributed by atoms with Gasteiger partial charge in [-0.1, -0.05) is 60.7 Å². The summed E-state index contributed by atoms with van der Waals surface area (Å²) >= 11 is 0. The van der Waals surface area contributed by atoms with Crippen molar-refractivity contribution in [2.45, 2.75) is 6.92 Å². The summed E-state index contributed by atoms with van der Waals surface area (Å²) < 4.78 is 2.38. The molecule has 1 heteroatoms. The van der Waals surface area contributed by atoms with Gasteiger partial charge in [-0.15, -0.1) is 0 Å². The van der Waals surface area contributed by atoms with Crippen LogP contribution in [0.1, 0.15) is 5.56 Å². The fourth-order valence-corrected chi connectivity index (χ4v) is 3.79. The zero-order valence-electron chi connectivity index (χ0n) is 13.5. The van der Waals surface area contributed by atoms with Crippen molar-refractivity contribution < 1.29 is 0 Å². The standard InChI is InChI=1S/C23H17N/c1-16-7-6-12-22-23(16)20-10-4-5-11-21(20)24(22)19-14-13-17-8-2-3-9-18(17)15-19/h2-15H,1H3. The Morgan fingerprint density at radius 3 is 2.29 bits per heavy atom. The van der Waals surface area contributed by atoms with Crippen LogP contribution in [0.2, 0.25) is 0 Å². The smallest absolute Gasteiger partial charge is 0.0543 e. The van der Waals surface area contributed by atoms with Crippen LogP contribution in [-0.4, -0.2) is 4.57 Å². The van der Waals surface area contributed by atoms with E-state index in [2.05, 4.69) is 96.4 Å². The van der Waals surface area contributed by atoms with Gasteiger partial charge in [0.2, 0.25) is 0 Å². The second-order valence-corrected chi connectivity index (χ2v) is 6.35. The lowest BCUT2D eigenvalue weighted by molar-refractivity contribution is 1.18. The molecule has 5 aromatic rings. The summed E-state index contributed by atoms with van der Waals surface area (Å²) in [5.41, 5.74) is 5.07. The molecule has 0 saturated carbocycles. The number of aryl methyl sites for hydroxylation is 1. The van der Waals surface area contributed by atoms with E-state index in [9.17, 15) is 0 Å². The average molecular weight is 307 g/mol. The quantitative estimate of drug-likeness (QED) is 0.345. The van der Waals surface area contributed by atoms with Gasteiger partial charge >= 0.3 is 0 Å². The summed E-state index contributed by atoms with van der Waals surface area (Å²) in [4.78, 5) is 0. The molecule has 4 aromatic carbocycles. The first-order valence-electron chi connectivity index (χ1n) is 8.31. The lowest BCUT2D eigenvalue weighted by Crippen LogP contribution is -1.93. The van der Waals surface area contributed by atoms with Crippen molar-refractivity contribution in [2.24, 2.45) is 0 Å². The van der Waals surface area contributed by atoms with E-state index in [0.717, 1.165) is 0 Å². The molecule has 1 nitrogen and oxygen atoms in total. The third-order valence-corrected chi connectivity index (χ3v) is 4.90. The molecule has 0 aliphatic heterocycles. The molecule has 0 saturated heterocycles. The molecule has 0 atom stereocenters. The van der Waals surface area contributed by atoms with Gasteiger partial charge in [-0.2, -0.15) is 0 Å². The van der Waals surface area contributed by atoms with E-state index in [-0.39, 0.29) is 0 Å². The Balaban J connectivity index is 1.95. The molecule has 0 amide bonds. The molecule has 0 spiro atoms. The average Bonchev–Trinajstić information content (AvgIpc) is 2.97. The molecule has 0 aliphatic rings. The van der Waals surface area contributed by atoms with E-state index in [0.29, 0.717) is 0 Å². The van der Waals surface area contributed by atoms with Gasteiger partial charge in [-0.3, -0.25) is 0 Å². The Labute approximate surface area is 140 Å². The summed E-state index contributed by atoms with van der Waals surface area (Å²) in [6.07, 6.45) is 0. The van der Waals surface area contributed by atoms with Crippen molar-refractivity contribution in [3.63, 3.8) is 0 Å². The van der Waals surface area contributed by atoms with Gasteiger partial charge in [-0.05, 0) is 47.5 Å². The SMILES string of the molecule is Cc1cccc2c1c1ccccc1n2-c1ccc2ccccc2c1. The number of para-hydroxylation sites is 1. The highest BCUT2D eigenvalue weighted by molar-refractivity contribution is 6.11. The van der Waals surface area contributed by atoms with E-state index in [1.807, 2.05) is 0 Å². The van der Waals surface area contributed by atoms with Crippen LogP contribution in [0.4, 0.5) is 0 Å². The fraction of sp³-hybridized carbons (Fsp3) is 0.0435. The maximum Gasteiger partial charge on any atom is 0.0543 e. The molecule has 1 heterocycles. The van der Waals surface area contributed by atoms with Crippen molar-refractivity contribution in [1.82, 2.24) is 4.57 Å². The Morgan fingerprint density at radius 1 is 0.625 bits per heavy atom. The molecular weight excluding hydrogens is 290 g/mol. The molecule has 24 heavy (non-hydrogen) atoms. The minimum Gasteiger partial charge on any atom is -0.309 e. The van der Waals surface area contributed by atoms with Crippen LogP contribution in [0.15, 0.2) is 84.9 Å². The maximum atomic E-state index is 2.38. The molecule has 0 N–H and O–H groups in total. The molecule has 114 valence electrons. The molecule has 0 bridgehead atoms. The zero-order valence-corrected chi connectivity index (χ0v) is 13.5. The van der Waals surface area contributed by atoms with Crippen LogP contribution < -0.4 is 0 Å². The molecule has 0 aliphatic carbocycles. The number of fused-ring (bicyclic) bond motifs is 4. The lowest BCUT2D eigenvalue weighted by atomic mass is 10.1. The van der Waals surface area contributed by atoms with E-state index in [1.54, 1.807) is 0 Å². The normalized spacial score (nSPS) is 11.5. The van der Waals surface area contributed by atoms with Crippen LogP contribution >= 0.6 is 0 Å². The van der Waals surface area contributed by atoms with E-state index in [1.165, 1.54) is 43.8 Å². The molecule has 5 rings (SSSR count). The van der Waals surface area contributed by atoms with Crippen LogP contribution in [-0.2, 0) is 0 Å². The van der Waals surface area contributed by atoms with Gasteiger partial charge in [0, 0.05) is 16.5 Å². The predicted molar refractivity (Wildman–Crippen MR) is 103 cm³/mol. The number of hydrogen-bond acceptors (Lipinski definition) is 0. The minimum absolute atomic E-state index is 1.21. The summed E-state index contributed by atoms with van der Waals surface area (Å²) in [6.45, 7) is 2.19. The van der Waals surface area contributed by atoms with E-state index < -0.39 is 0 Å². The fourth-order valence-electron chi connectivity index (χ4n) is 3.79. The first-order chi connectivity index (χ1) is 11.8. The van der Waals surface area contributed by atoms with E-state index in [4.69, 9.17) is 0 Å². The van der Waals surface area contributed by atoms with Crippen LogP contribution in [0.25, 0.3) is 38.3 Å². The molecule has 0 radical (unpaired) electrons. The highest BCUT2D eigenvalue weighted by atomic mass is 15.0. The number of nitrogens with zero attached hydrogens (tertiary/aromatic N) is 1. The van der Waals surface area contributed by atoms with Gasteiger partial charge < -0.3 is 4.57 Å². The number of hydrogen-bond donors (Lipinski definition) is 0. The summed E-state index contributed by atoms with van der Waals surface area (Å²) in [6, 6.07) is 30.5. The van der Waals surface area contributed by atoms with Crippen molar-refractivity contribution in [3.8, 4) is 5.69 Å². The van der Waals surface area contributed by atoms with Crippen molar-refractivity contribution in [2.75, 3.05) is 0 Å². The largest absolute Gasteiger partial charge is 0.309 e. The van der Waals surface area contributed by atoms with Gasteiger partial charge in [0.15, 0.2) is 0 Å². The Morgan fingerprint density at radius 2 is 1.38 bits per heavy atom. The van der Waals surface area contributed by atoms with Crippen molar-refractivity contribution in [3.05, 3.63) is 90.5 Å².